The van der Waals surface area contributed by atoms with Gasteiger partial charge < -0.3 is 16.0 Å². The first-order valence-electron chi connectivity index (χ1n) is 11.5. The van der Waals surface area contributed by atoms with Gasteiger partial charge in [-0.25, -0.2) is 14.6 Å². The molecule has 168 valence electrons. The highest BCUT2D eigenvalue weighted by atomic mass is 35.5. The largest absolute Gasteiger partial charge is 0.383 e. The van der Waals surface area contributed by atoms with Crippen LogP contribution in [0.4, 0.5) is 11.5 Å². The van der Waals surface area contributed by atoms with Crippen molar-refractivity contribution in [1.29, 1.82) is 0 Å². The van der Waals surface area contributed by atoms with Gasteiger partial charge in [-0.15, -0.1) is 0 Å². The molecule has 4 heterocycles. The lowest BCUT2D eigenvalue weighted by Gasteiger charge is -2.23. The van der Waals surface area contributed by atoms with Gasteiger partial charge in [-0.3, -0.25) is 0 Å². The molecule has 8 heteroatoms. The summed E-state index contributed by atoms with van der Waals surface area (Å²) in [7, 11) is 0. The van der Waals surface area contributed by atoms with Crippen molar-refractivity contribution >= 4 is 34.1 Å². The quantitative estimate of drug-likeness (QED) is 0.475. The molecule has 1 atom stereocenters. The van der Waals surface area contributed by atoms with E-state index in [9.17, 15) is 0 Å². The highest BCUT2D eigenvalue weighted by Crippen LogP contribution is 2.34. The van der Waals surface area contributed by atoms with Gasteiger partial charge in [0.25, 0.3) is 0 Å². The maximum absolute atomic E-state index is 6.30. The average molecular weight is 460 g/mol. The summed E-state index contributed by atoms with van der Waals surface area (Å²) in [6.45, 7) is 3.82. The van der Waals surface area contributed by atoms with Crippen LogP contribution in [0.1, 0.15) is 30.0 Å². The fourth-order valence-electron chi connectivity index (χ4n) is 5.09. The highest BCUT2D eigenvalue weighted by Gasteiger charge is 2.24. The highest BCUT2D eigenvalue weighted by molar-refractivity contribution is 6.30. The van der Waals surface area contributed by atoms with Crippen LogP contribution >= 0.6 is 11.6 Å². The first-order valence-corrected chi connectivity index (χ1v) is 11.9. The Kier molecular flexibility index (Phi) is 5.15. The van der Waals surface area contributed by atoms with Crippen molar-refractivity contribution in [3.8, 4) is 11.3 Å². The number of fused-ring (bicyclic) bond motifs is 2. The standard InChI is InChI=1S/C25H26ClN7/c26-19-7-8-21-18(12-19)9-11-32(21)14-16-3-5-17(6-4-16)23-22-24(27)29-15-30-25(22)33(31-23)20-2-1-10-28-13-20/h3-8,12,15,20,28H,1-2,9-11,13-14H2,(H2,27,29,30)/t20-/m1/s1. The first kappa shape index (κ1) is 20.4. The molecule has 2 aliphatic rings. The molecule has 0 spiro atoms. The van der Waals surface area contributed by atoms with Crippen LogP contribution in [0.25, 0.3) is 22.3 Å². The lowest BCUT2D eigenvalue weighted by Crippen LogP contribution is -2.32. The number of nitrogens with one attached hydrogen (secondary N) is 1. The predicted molar refractivity (Wildman–Crippen MR) is 133 cm³/mol. The Morgan fingerprint density at radius 3 is 2.82 bits per heavy atom. The molecule has 0 bridgehead atoms. The zero-order valence-electron chi connectivity index (χ0n) is 18.3. The molecule has 6 rings (SSSR count). The number of piperidine rings is 1. The Balaban J connectivity index is 1.31. The number of nitrogens with zero attached hydrogens (tertiary/aromatic N) is 5. The van der Waals surface area contributed by atoms with Crippen molar-refractivity contribution in [2.75, 3.05) is 30.3 Å². The summed E-state index contributed by atoms with van der Waals surface area (Å²) < 4.78 is 2.04. The van der Waals surface area contributed by atoms with Crippen molar-refractivity contribution in [3.63, 3.8) is 0 Å². The lowest BCUT2D eigenvalue weighted by atomic mass is 10.1. The van der Waals surface area contributed by atoms with Gasteiger partial charge in [-0.05, 0) is 55.1 Å². The monoisotopic (exact) mass is 459 g/mol. The van der Waals surface area contributed by atoms with Crippen molar-refractivity contribution in [3.05, 3.63) is 64.9 Å². The minimum atomic E-state index is 0.271. The Hall–Kier alpha value is -3.16. The molecule has 0 aliphatic carbocycles. The average Bonchev–Trinajstić information content (AvgIpc) is 3.42. The van der Waals surface area contributed by atoms with Gasteiger partial charge in [-0.2, -0.15) is 5.10 Å². The fourth-order valence-corrected chi connectivity index (χ4v) is 5.28. The summed E-state index contributed by atoms with van der Waals surface area (Å²) >= 11 is 6.16. The Morgan fingerprint density at radius 2 is 2.00 bits per heavy atom. The molecule has 33 heavy (non-hydrogen) atoms. The number of hydrogen-bond acceptors (Lipinski definition) is 6. The van der Waals surface area contributed by atoms with E-state index in [2.05, 4.69) is 56.6 Å². The molecule has 1 fully saturated rings. The van der Waals surface area contributed by atoms with Gasteiger partial charge in [0, 0.05) is 35.9 Å². The lowest BCUT2D eigenvalue weighted by molar-refractivity contribution is 0.354. The van der Waals surface area contributed by atoms with E-state index in [0.717, 1.165) is 72.8 Å². The van der Waals surface area contributed by atoms with Crippen LogP contribution in [0.3, 0.4) is 0 Å². The Bertz CT molecular complexity index is 1310. The summed E-state index contributed by atoms with van der Waals surface area (Å²) in [4.78, 5) is 11.2. The number of nitrogen functional groups attached to an aromatic ring is 1. The van der Waals surface area contributed by atoms with E-state index < -0.39 is 0 Å². The molecule has 3 N–H and O–H groups in total. The third-order valence-corrected chi connectivity index (χ3v) is 7.00. The number of halogens is 1. The van der Waals surface area contributed by atoms with Crippen molar-refractivity contribution in [2.24, 2.45) is 0 Å². The SMILES string of the molecule is Nc1ncnc2c1c(-c1ccc(CN3CCc4cc(Cl)ccc43)cc1)nn2[C@@H]1CCCNC1. The van der Waals surface area contributed by atoms with Crippen LogP contribution < -0.4 is 16.0 Å². The predicted octanol–water partition coefficient (Wildman–Crippen LogP) is 4.22. The molecular weight excluding hydrogens is 434 g/mol. The number of anilines is 2. The second kappa shape index (κ2) is 8.32. The van der Waals surface area contributed by atoms with Gasteiger partial charge in [0.05, 0.1) is 11.4 Å². The van der Waals surface area contributed by atoms with Crippen LogP contribution in [-0.4, -0.2) is 39.4 Å². The number of nitrogens with two attached hydrogens (primary N) is 1. The first-order chi connectivity index (χ1) is 16.2. The minimum absolute atomic E-state index is 0.271. The summed E-state index contributed by atoms with van der Waals surface area (Å²) in [5, 5.41) is 10.1. The number of hydrogen-bond donors (Lipinski definition) is 2. The molecule has 0 radical (unpaired) electrons. The van der Waals surface area contributed by atoms with E-state index in [0.29, 0.717) is 5.82 Å². The third kappa shape index (κ3) is 3.71. The molecule has 7 nitrogen and oxygen atoms in total. The van der Waals surface area contributed by atoms with Gasteiger partial charge in [-0.1, -0.05) is 35.9 Å². The molecule has 2 aromatic carbocycles. The zero-order chi connectivity index (χ0) is 22.4. The van der Waals surface area contributed by atoms with Gasteiger partial charge in [0.2, 0.25) is 0 Å². The molecule has 4 aromatic rings. The maximum Gasteiger partial charge on any atom is 0.164 e. The van der Waals surface area contributed by atoms with Gasteiger partial charge in [0.15, 0.2) is 5.65 Å². The molecule has 2 aromatic heterocycles. The second-order valence-electron chi connectivity index (χ2n) is 8.89. The van der Waals surface area contributed by atoms with E-state index in [4.69, 9.17) is 22.4 Å². The molecule has 1 saturated heterocycles. The van der Waals surface area contributed by atoms with E-state index in [1.54, 1.807) is 0 Å². The normalized spacial score (nSPS) is 18.1. The minimum Gasteiger partial charge on any atom is -0.383 e. The maximum atomic E-state index is 6.30. The van der Waals surface area contributed by atoms with Crippen molar-refractivity contribution in [2.45, 2.75) is 31.8 Å². The van der Waals surface area contributed by atoms with Crippen LogP contribution in [0.5, 0.6) is 0 Å². The Labute approximate surface area is 197 Å². The molecule has 0 unspecified atom stereocenters. The van der Waals surface area contributed by atoms with E-state index in [1.165, 1.54) is 23.1 Å². The van der Waals surface area contributed by atoms with Crippen molar-refractivity contribution in [1.82, 2.24) is 25.1 Å². The summed E-state index contributed by atoms with van der Waals surface area (Å²) in [6.07, 6.45) is 4.77. The van der Waals surface area contributed by atoms with Crippen LogP contribution in [0.15, 0.2) is 48.8 Å². The number of benzene rings is 2. The Morgan fingerprint density at radius 1 is 1.12 bits per heavy atom. The zero-order valence-corrected chi connectivity index (χ0v) is 19.1. The summed E-state index contributed by atoms with van der Waals surface area (Å²) in [6, 6.07) is 15.1. The smallest absolute Gasteiger partial charge is 0.164 e. The second-order valence-corrected chi connectivity index (χ2v) is 9.33. The number of aromatic nitrogens is 4. The number of rotatable bonds is 4. The summed E-state index contributed by atoms with van der Waals surface area (Å²) in [5.74, 6) is 0.474. The van der Waals surface area contributed by atoms with Gasteiger partial charge in [0.1, 0.15) is 17.8 Å². The van der Waals surface area contributed by atoms with Crippen LogP contribution in [0.2, 0.25) is 5.02 Å². The fraction of sp³-hybridized carbons (Fsp3) is 0.320. The molecule has 2 aliphatic heterocycles. The molecule has 0 amide bonds. The van der Waals surface area contributed by atoms with Crippen LogP contribution in [-0.2, 0) is 13.0 Å². The topological polar surface area (TPSA) is 84.9 Å². The van der Waals surface area contributed by atoms with Crippen LogP contribution in [0, 0.1) is 0 Å². The van der Waals surface area contributed by atoms with Gasteiger partial charge >= 0.3 is 0 Å². The summed E-state index contributed by atoms with van der Waals surface area (Å²) in [5.41, 5.74) is 12.8. The van der Waals surface area contributed by atoms with Crippen molar-refractivity contribution < 1.29 is 0 Å². The van der Waals surface area contributed by atoms with E-state index >= 15 is 0 Å². The van der Waals surface area contributed by atoms with E-state index in [1.807, 2.05) is 10.7 Å². The third-order valence-electron chi connectivity index (χ3n) is 6.77. The van der Waals surface area contributed by atoms with E-state index in [-0.39, 0.29) is 6.04 Å². The molecule has 0 saturated carbocycles. The molecular formula is C25H26ClN7.